The maximum absolute atomic E-state index is 5.47. The second kappa shape index (κ2) is 10.3. The predicted molar refractivity (Wildman–Crippen MR) is 105 cm³/mol. The Balaban J connectivity index is 2.02. The van der Waals surface area contributed by atoms with E-state index >= 15 is 0 Å². The minimum absolute atomic E-state index is 0.185. The number of nitrogens with one attached hydrogen (secondary N) is 1. The second-order valence-electron chi connectivity index (χ2n) is 5.80. The van der Waals surface area contributed by atoms with Gasteiger partial charge in [0.15, 0.2) is 11.8 Å². The molecule has 1 heterocycles. The van der Waals surface area contributed by atoms with Crippen LogP contribution in [0.3, 0.4) is 0 Å². The number of aromatic nitrogens is 2. The van der Waals surface area contributed by atoms with Crippen molar-refractivity contribution in [1.82, 2.24) is 20.4 Å². The van der Waals surface area contributed by atoms with Crippen LogP contribution < -0.4 is 5.32 Å². The van der Waals surface area contributed by atoms with Gasteiger partial charge in [0, 0.05) is 31.2 Å². The summed E-state index contributed by atoms with van der Waals surface area (Å²) in [6.07, 6.45) is -0.185. The fourth-order valence-corrected chi connectivity index (χ4v) is 2.64. The molecule has 26 heavy (non-hydrogen) atoms. The number of nitrogens with zero attached hydrogens (tertiary/aromatic N) is 4. The molecule has 0 aliphatic carbocycles. The van der Waals surface area contributed by atoms with Crippen molar-refractivity contribution in [1.29, 1.82) is 0 Å². The first kappa shape index (κ1) is 20.4. The van der Waals surface area contributed by atoms with Crippen LogP contribution in [0, 0.1) is 0 Å². The lowest BCUT2D eigenvalue weighted by molar-refractivity contribution is 0.0683. The first-order valence-corrected chi connectivity index (χ1v) is 9.50. The topological polar surface area (TPSA) is 75.8 Å². The molecule has 0 fully saturated rings. The lowest BCUT2D eigenvalue weighted by Gasteiger charge is -2.22. The molecule has 0 saturated carbocycles. The quantitative estimate of drug-likeness (QED) is 0.516. The third-order valence-corrected chi connectivity index (χ3v) is 4.19. The summed E-state index contributed by atoms with van der Waals surface area (Å²) < 4.78 is 11.8. The highest BCUT2D eigenvalue weighted by atomic mass is 79.9. The predicted octanol–water partition coefficient (Wildman–Crippen LogP) is 3.53. The molecule has 2 rings (SSSR count). The maximum Gasteiger partial charge on any atom is 0.248 e. The number of halogens is 1. The van der Waals surface area contributed by atoms with E-state index in [0.717, 1.165) is 23.5 Å². The van der Waals surface area contributed by atoms with Crippen LogP contribution in [0.1, 0.15) is 44.2 Å². The van der Waals surface area contributed by atoms with Gasteiger partial charge in [-0.15, -0.1) is 0 Å². The number of hydrogen-bond donors (Lipinski definition) is 1. The Morgan fingerprint density at radius 3 is 2.73 bits per heavy atom. The zero-order valence-corrected chi connectivity index (χ0v) is 17.3. The second-order valence-corrected chi connectivity index (χ2v) is 6.71. The number of hydrogen-bond acceptors (Lipinski definition) is 5. The zero-order chi connectivity index (χ0) is 18.9. The van der Waals surface area contributed by atoms with Crippen molar-refractivity contribution in [3.8, 4) is 0 Å². The van der Waals surface area contributed by atoms with Gasteiger partial charge in [-0.25, -0.2) is 4.99 Å². The Morgan fingerprint density at radius 1 is 1.35 bits per heavy atom. The SMILES string of the molecule is CCNC(=NCc1nc(C(C)OCC)no1)N(C)Cc1ccc(Br)cc1. The number of benzene rings is 1. The van der Waals surface area contributed by atoms with Gasteiger partial charge in [0.1, 0.15) is 12.6 Å². The van der Waals surface area contributed by atoms with Gasteiger partial charge in [0.05, 0.1) is 0 Å². The minimum atomic E-state index is -0.185. The smallest absolute Gasteiger partial charge is 0.248 e. The summed E-state index contributed by atoms with van der Waals surface area (Å²) in [6, 6.07) is 8.24. The van der Waals surface area contributed by atoms with E-state index in [9.17, 15) is 0 Å². The normalized spacial score (nSPS) is 12.9. The summed E-state index contributed by atoms with van der Waals surface area (Å²) in [7, 11) is 2.00. The van der Waals surface area contributed by atoms with E-state index in [4.69, 9.17) is 9.26 Å². The zero-order valence-electron chi connectivity index (χ0n) is 15.7. The van der Waals surface area contributed by atoms with E-state index in [1.54, 1.807) is 0 Å². The highest BCUT2D eigenvalue weighted by Gasteiger charge is 2.14. The van der Waals surface area contributed by atoms with E-state index in [1.807, 2.05) is 40.0 Å². The third kappa shape index (κ3) is 6.10. The third-order valence-electron chi connectivity index (χ3n) is 3.66. The van der Waals surface area contributed by atoms with Crippen LogP contribution in [0.5, 0.6) is 0 Å². The Labute approximate surface area is 163 Å². The van der Waals surface area contributed by atoms with Crippen LogP contribution in [0.2, 0.25) is 0 Å². The molecule has 0 spiro atoms. The molecule has 1 aromatic carbocycles. The average Bonchev–Trinajstić information content (AvgIpc) is 3.10. The molecule has 1 N–H and O–H groups in total. The summed E-state index contributed by atoms with van der Waals surface area (Å²) in [5.74, 6) is 1.80. The Bertz CT molecular complexity index is 702. The minimum Gasteiger partial charge on any atom is -0.371 e. The van der Waals surface area contributed by atoms with Gasteiger partial charge in [0.25, 0.3) is 0 Å². The molecule has 0 bridgehead atoms. The molecule has 8 heteroatoms. The van der Waals surface area contributed by atoms with Gasteiger partial charge in [0.2, 0.25) is 5.89 Å². The van der Waals surface area contributed by atoms with Crippen LogP contribution in [-0.4, -0.2) is 41.2 Å². The van der Waals surface area contributed by atoms with E-state index < -0.39 is 0 Å². The van der Waals surface area contributed by atoms with Gasteiger partial charge >= 0.3 is 0 Å². The van der Waals surface area contributed by atoms with Crippen molar-refractivity contribution in [2.24, 2.45) is 4.99 Å². The van der Waals surface area contributed by atoms with Gasteiger partial charge in [-0.2, -0.15) is 4.98 Å². The van der Waals surface area contributed by atoms with E-state index in [2.05, 4.69) is 53.4 Å². The fraction of sp³-hybridized carbons (Fsp3) is 0.500. The van der Waals surface area contributed by atoms with Crippen LogP contribution in [0.15, 0.2) is 38.3 Å². The monoisotopic (exact) mass is 423 g/mol. The number of aliphatic imine (C=N–C) groups is 1. The molecule has 1 atom stereocenters. The highest BCUT2D eigenvalue weighted by molar-refractivity contribution is 9.10. The number of rotatable bonds is 8. The molecule has 0 aliphatic heterocycles. The summed E-state index contributed by atoms with van der Waals surface area (Å²) in [6.45, 7) is 8.32. The summed E-state index contributed by atoms with van der Waals surface area (Å²) in [5.41, 5.74) is 1.20. The highest BCUT2D eigenvalue weighted by Crippen LogP contribution is 2.14. The van der Waals surface area contributed by atoms with Crippen molar-refractivity contribution in [2.75, 3.05) is 20.2 Å². The number of ether oxygens (including phenoxy) is 1. The molecule has 0 radical (unpaired) electrons. The van der Waals surface area contributed by atoms with Gasteiger partial charge in [-0.1, -0.05) is 33.2 Å². The molecule has 1 unspecified atom stereocenters. The van der Waals surface area contributed by atoms with E-state index in [0.29, 0.717) is 24.9 Å². The Hall–Kier alpha value is -1.93. The van der Waals surface area contributed by atoms with Crippen molar-refractivity contribution < 1.29 is 9.26 Å². The van der Waals surface area contributed by atoms with E-state index in [-0.39, 0.29) is 6.10 Å². The summed E-state index contributed by atoms with van der Waals surface area (Å²) in [5, 5.41) is 7.25. The Morgan fingerprint density at radius 2 is 2.08 bits per heavy atom. The number of guanidine groups is 1. The molecule has 1 aromatic heterocycles. The Kier molecular flexibility index (Phi) is 8.06. The molecule has 2 aromatic rings. The van der Waals surface area contributed by atoms with Crippen LogP contribution in [0.4, 0.5) is 0 Å². The first-order chi connectivity index (χ1) is 12.5. The molecule has 0 aliphatic rings. The standard InChI is InChI=1S/C18H26BrN5O2/c1-5-20-18(24(4)12-14-7-9-15(19)10-8-14)21-11-16-22-17(23-26-16)13(3)25-6-2/h7-10,13H,5-6,11-12H2,1-4H3,(H,20,21). The first-order valence-electron chi connectivity index (χ1n) is 8.71. The van der Waals surface area contributed by atoms with Crippen molar-refractivity contribution >= 4 is 21.9 Å². The van der Waals surface area contributed by atoms with Crippen LogP contribution in [-0.2, 0) is 17.8 Å². The van der Waals surface area contributed by atoms with Crippen LogP contribution >= 0.6 is 15.9 Å². The molecular weight excluding hydrogens is 398 g/mol. The molecule has 7 nitrogen and oxygen atoms in total. The van der Waals surface area contributed by atoms with E-state index in [1.165, 1.54) is 5.56 Å². The van der Waals surface area contributed by atoms with Crippen molar-refractivity contribution in [3.63, 3.8) is 0 Å². The lowest BCUT2D eigenvalue weighted by atomic mass is 10.2. The summed E-state index contributed by atoms with van der Waals surface area (Å²) in [4.78, 5) is 11.0. The molecular formula is C18H26BrN5O2. The fourth-order valence-electron chi connectivity index (χ4n) is 2.37. The maximum atomic E-state index is 5.47. The lowest BCUT2D eigenvalue weighted by Crippen LogP contribution is -2.38. The van der Waals surface area contributed by atoms with Crippen molar-refractivity contribution in [3.05, 3.63) is 46.0 Å². The van der Waals surface area contributed by atoms with Gasteiger partial charge < -0.3 is 19.5 Å². The van der Waals surface area contributed by atoms with Crippen molar-refractivity contribution in [2.45, 2.75) is 40.0 Å². The van der Waals surface area contributed by atoms with Gasteiger partial charge in [-0.05, 0) is 38.5 Å². The molecule has 142 valence electrons. The molecule has 0 saturated heterocycles. The summed E-state index contributed by atoms with van der Waals surface area (Å²) >= 11 is 3.46. The average molecular weight is 424 g/mol. The molecule has 0 amide bonds. The van der Waals surface area contributed by atoms with Crippen LogP contribution in [0.25, 0.3) is 0 Å². The van der Waals surface area contributed by atoms with Gasteiger partial charge in [-0.3, -0.25) is 0 Å². The largest absolute Gasteiger partial charge is 0.371 e.